The summed E-state index contributed by atoms with van der Waals surface area (Å²) in [6.07, 6.45) is 3.58. The van der Waals surface area contributed by atoms with Crippen molar-refractivity contribution < 1.29 is 4.42 Å². The Morgan fingerprint density at radius 3 is 2.87 bits per heavy atom. The molecule has 0 radical (unpaired) electrons. The monoisotopic (exact) mass is 216 g/mol. The Balaban J connectivity index is 2.32. The van der Waals surface area contributed by atoms with Gasteiger partial charge in [-0.2, -0.15) is 0 Å². The fourth-order valence-corrected chi connectivity index (χ4v) is 1.83. The van der Waals surface area contributed by atoms with E-state index >= 15 is 0 Å². The number of aromatic amines is 2. The molecule has 0 aliphatic carbocycles. The van der Waals surface area contributed by atoms with Gasteiger partial charge in [-0.1, -0.05) is 18.2 Å². The molecule has 0 aliphatic rings. The molecule has 74 valence electrons. The summed E-state index contributed by atoms with van der Waals surface area (Å²) >= 11 is 4.99. The second kappa shape index (κ2) is 3.10. The summed E-state index contributed by atoms with van der Waals surface area (Å²) in [6.45, 7) is 0. The van der Waals surface area contributed by atoms with Crippen molar-refractivity contribution in [3.05, 3.63) is 41.5 Å². The average Bonchev–Trinajstić information content (AvgIpc) is 2.83. The third kappa shape index (κ3) is 1.30. The summed E-state index contributed by atoms with van der Waals surface area (Å²) in [5.41, 5.74) is 2.86. The maximum absolute atomic E-state index is 5.44. The highest BCUT2D eigenvalue weighted by Crippen LogP contribution is 2.28. The normalized spacial score (nSPS) is 10.9. The molecular formula is C11H8N2OS. The minimum absolute atomic E-state index is 0.621. The first-order valence-corrected chi connectivity index (χ1v) is 5.00. The summed E-state index contributed by atoms with van der Waals surface area (Å²) in [4.78, 5) is 6.01. The zero-order valence-electron chi connectivity index (χ0n) is 7.78. The fraction of sp³-hybridized carbons (Fsp3) is 0. The molecule has 0 atom stereocenters. The summed E-state index contributed by atoms with van der Waals surface area (Å²) in [5.74, 6) is 0. The van der Waals surface area contributed by atoms with Crippen LogP contribution in [0.1, 0.15) is 0 Å². The Hall–Kier alpha value is -1.81. The van der Waals surface area contributed by atoms with Crippen molar-refractivity contribution in [2.75, 3.05) is 0 Å². The van der Waals surface area contributed by atoms with Gasteiger partial charge in [0.2, 0.25) is 0 Å². The van der Waals surface area contributed by atoms with Crippen LogP contribution < -0.4 is 0 Å². The van der Waals surface area contributed by atoms with Crippen molar-refractivity contribution in [1.82, 2.24) is 9.97 Å². The summed E-state index contributed by atoms with van der Waals surface area (Å²) < 4.78 is 6.07. The van der Waals surface area contributed by atoms with E-state index in [1.54, 1.807) is 6.26 Å². The topological polar surface area (TPSA) is 44.7 Å². The highest BCUT2D eigenvalue weighted by Gasteiger charge is 2.07. The van der Waals surface area contributed by atoms with Gasteiger partial charge in [0.15, 0.2) is 4.77 Å². The van der Waals surface area contributed by atoms with Crippen LogP contribution in [0.3, 0.4) is 0 Å². The van der Waals surface area contributed by atoms with Crippen molar-refractivity contribution >= 4 is 23.2 Å². The molecule has 0 saturated heterocycles. The zero-order chi connectivity index (χ0) is 10.3. The highest BCUT2D eigenvalue weighted by molar-refractivity contribution is 7.71. The van der Waals surface area contributed by atoms with Crippen LogP contribution >= 0.6 is 12.2 Å². The largest absolute Gasteiger partial charge is 0.464 e. The van der Waals surface area contributed by atoms with Crippen molar-refractivity contribution in [2.45, 2.75) is 0 Å². The minimum Gasteiger partial charge on any atom is -0.464 e. The van der Waals surface area contributed by atoms with Crippen molar-refractivity contribution in [3.8, 4) is 11.3 Å². The van der Waals surface area contributed by atoms with E-state index in [9.17, 15) is 0 Å². The molecule has 3 rings (SSSR count). The van der Waals surface area contributed by atoms with E-state index in [0.29, 0.717) is 4.77 Å². The number of para-hydroxylation sites is 1. The Bertz CT molecular complexity index is 662. The minimum atomic E-state index is 0.621. The molecule has 2 N–H and O–H groups in total. The van der Waals surface area contributed by atoms with Crippen LogP contribution in [-0.4, -0.2) is 9.97 Å². The molecule has 3 nitrogen and oxygen atoms in total. The van der Waals surface area contributed by atoms with Crippen LogP contribution in [0.25, 0.3) is 22.2 Å². The Labute approximate surface area is 90.8 Å². The number of imidazole rings is 1. The summed E-state index contributed by atoms with van der Waals surface area (Å²) in [7, 11) is 0. The highest BCUT2D eigenvalue weighted by atomic mass is 32.1. The van der Waals surface area contributed by atoms with Crippen LogP contribution in [0.15, 0.2) is 41.1 Å². The SMILES string of the molecule is S=c1[nH]cc(-c2coc3ccccc23)[nH]1. The molecule has 2 aromatic heterocycles. The van der Waals surface area contributed by atoms with Gasteiger partial charge in [-0.05, 0) is 18.3 Å². The van der Waals surface area contributed by atoms with E-state index in [-0.39, 0.29) is 0 Å². The third-order valence-electron chi connectivity index (χ3n) is 2.37. The van der Waals surface area contributed by atoms with Gasteiger partial charge in [0, 0.05) is 17.1 Å². The molecule has 3 aromatic rings. The quantitative estimate of drug-likeness (QED) is 0.611. The molecule has 0 amide bonds. The first-order valence-electron chi connectivity index (χ1n) is 4.59. The van der Waals surface area contributed by atoms with Crippen LogP contribution in [0.2, 0.25) is 0 Å². The maximum atomic E-state index is 5.44. The average molecular weight is 216 g/mol. The lowest BCUT2D eigenvalue weighted by atomic mass is 10.1. The number of hydrogen-bond acceptors (Lipinski definition) is 2. The lowest BCUT2D eigenvalue weighted by Crippen LogP contribution is -1.73. The van der Waals surface area contributed by atoms with Crippen molar-refractivity contribution in [2.24, 2.45) is 0 Å². The molecular weight excluding hydrogens is 208 g/mol. The second-order valence-corrected chi connectivity index (χ2v) is 3.71. The number of H-pyrrole nitrogens is 2. The van der Waals surface area contributed by atoms with Crippen molar-refractivity contribution in [3.63, 3.8) is 0 Å². The lowest BCUT2D eigenvalue weighted by Gasteiger charge is -1.91. The van der Waals surface area contributed by atoms with E-state index in [4.69, 9.17) is 16.6 Å². The Kier molecular flexibility index (Phi) is 1.76. The van der Waals surface area contributed by atoms with Crippen LogP contribution in [0.4, 0.5) is 0 Å². The molecule has 4 heteroatoms. The molecule has 0 unspecified atom stereocenters. The number of nitrogens with one attached hydrogen (secondary N) is 2. The van der Waals surface area contributed by atoms with E-state index in [0.717, 1.165) is 22.2 Å². The van der Waals surface area contributed by atoms with Gasteiger partial charge in [-0.25, -0.2) is 0 Å². The van der Waals surface area contributed by atoms with E-state index < -0.39 is 0 Å². The number of fused-ring (bicyclic) bond motifs is 1. The van der Waals surface area contributed by atoms with Gasteiger partial charge in [-0.15, -0.1) is 0 Å². The number of benzene rings is 1. The van der Waals surface area contributed by atoms with Crippen LogP contribution in [0.5, 0.6) is 0 Å². The predicted octanol–water partition coefficient (Wildman–Crippen LogP) is 3.49. The summed E-state index contributed by atoms with van der Waals surface area (Å²) in [6, 6.07) is 7.91. The van der Waals surface area contributed by atoms with Gasteiger partial charge in [0.1, 0.15) is 11.8 Å². The Morgan fingerprint density at radius 2 is 2.07 bits per heavy atom. The molecule has 0 bridgehead atoms. The van der Waals surface area contributed by atoms with E-state index in [1.807, 2.05) is 30.5 Å². The molecule has 0 fully saturated rings. The number of rotatable bonds is 1. The van der Waals surface area contributed by atoms with Crippen molar-refractivity contribution in [1.29, 1.82) is 0 Å². The first-order chi connectivity index (χ1) is 7.34. The number of furan rings is 1. The third-order valence-corrected chi connectivity index (χ3v) is 2.59. The van der Waals surface area contributed by atoms with Gasteiger partial charge in [0.25, 0.3) is 0 Å². The second-order valence-electron chi connectivity index (χ2n) is 3.30. The first kappa shape index (κ1) is 8.49. The maximum Gasteiger partial charge on any atom is 0.174 e. The zero-order valence-corrected chi connectivity index (χ0v) is 8.60. The molecule has 15 heavy (non-hydrogen) atoms. The molecule has 0 saturated carbocycles. The molecule has 0 spiro atoms. The van der Waals surface area contributed by atoms with Crippen LogP contribution in [0, 0.1) is 4.77 Å². The number of aromatic nitrogens is 2. The molecule has 0 aliphatic heterocycles. The molecule has 1 aromatic carbocycles. The summed E-state index contributed by atoms with van der Waals surface area (Å²) in [5, 5.41) is 1.09. The van der Waals surface area contributed by atoms with E-state index in [2.05, 4.69) is 9.97 Å². The Morgan fingerprint density at radius 1 is 1.20 bits per heavy atom. The standard InChI is InChI=1S/C11H8N2OS/c15-11-12-5-9(13-11)8-6-14-10-4-2-1-3-7(8)10/h1-6H,(H2,12,13,15). The van der Waals surface area contributed by atoms with Gasteiger partial charge >= 0.3 is 0 Å². The van der Waals surface area contributed by atoms with Crippen LogP contribution in [-0.2, 0) is 0 Å². The fourth-order valence-electron chi connectivity index (χ4n) is 1.66. The molecule has 2 heterocycles. The predicted molar refractivity (Wildman–Crippen MR) is 61.2 cm³/mol. The number of hydrogen-bond donors (Lipinski definition) is 2. The smallest absolute Gasteiger partial charge is 0.174 e. The van der Waals surface area contributed by atoms with E-state index in [1.165, 1.54) is 0 Å². The van der Waals surface area contributed by atoms with Gasteiger partial charge in [0.05, 0.1) is 5.69 Å². The lowest BCUT2D eigenvalue weighted by molar-refractivity contribution is 0.617. The van der Waals surface area contributed by atoms with Gasteiger partial charge < -0.3 is 14.4 Å². The van der Waals surface area contributed by atoms with Gasteiger partial charge in [-0.3, -0.25) is 0 Å².